The Labute approximate surface area is 80.5 Å². The Bertz CT molecular complexity index is 343. The van der Waals surface area contributed by atoms with Crippen LogP contribution in [0.15, 0.2) is 4.42 Å². The first-order valence-electron chi connectivity index (χ1n) is 4.39. The van der Waals surface area contributed by atoms with Crippen LogP contribution in [0.4, 0.5) is 0 Å². The Morgan fingerprint density at radius 1 is 1.64 bits per heavy atom. The zero-order chi connectivity index (χ0) is 10.1. The molecule has 6 heteroatoms. The third-order valence-electron chi connectivity index (χ3n) is 2.23. The van der Waals surface area contributed by atoms with Gasteiger partial charge in [-0.05, 0) is 0 Å². The third-order valence-corrected chi connectivity index (χ3v) is 2.23. The topological polar surface area (TPSA) is 79.5 Å². The molecule has 0 aliphatic carbocycles. The highest BCUT2D eigenvalue weighted by atomic mass is 16.4. The predicted octanol–water partition coefficient (Wildman–Crippen LogP) is -0.106. The van der Waals surface area contributed by atoms with Crippen LogP contribution in [0.3, 0.4) is 0 Å². The number of likely N-dealkylation sites (tertiary alicyclic amines) is 1. The Kier molecular flexibility index (Phi) is 2.20. The lowest BCUT2D eigenvalue weighted by Gasteiger charge is -2.35. The first kappa shape index (κ1) is 9.14. The van der Waals surface area contributed by atoms with Crippen molar-refractivity contribution in [1.29, 1.82) is 0 Å². The van der Waals surface area contributed by atoms with Crippen molar-refractivity contribution < 1.29 is 14.3 Å². The zero-order valence-corrected chi connectivity index (χ0v) is 7.80. The highest BCUT2D eigenvalue weighted by Gasteiger charge is 2.33. The van der Waals surface area contributed by atoms with Gasteiger partial charge in [0.25, 0.3) is 0 Å². The number of carboxylic acids is 1. The van der Waals surface area contributed by atoms with Gasteiger partial charge in [0.05, 0.1) is 12.5 Å². The standard InChI is InChI=1S/C8H11N3O3/c1-5-9-10-7(14-5)4-11-2-6(3-11)8(12)13/h6H,2-4H2,1H3,(H,12,13). The Morgan fingerprint density at radius 2 is 2.36 bits per heavy atom. The average molecular weight is 197 g/mol. The molecule has 0 bridgehead atoms. The van der Waals surface area contributed by atoms with E-state index in [-0.39, 0.29) is 5.92 Å². The summed E-state index contributed by atoms with van der Waals surface area (Å²) in [6.45, 7) is 3.41. The largest absolute Gasteiger partial charge is 0.481 e. The number of aliphatic carboxylic acids is 1. The monoisotopic (exact) mass is 197 g/mol. The van der Waals surface area contributed by atoms with E-state index in [1.54, 1.807) is 6.92 Å². The maximum Gasteiger partial charge on any atom is 0.309 e. The summed E-state index contributed by atoms with van der Waals surface area (Å²) >= 11 is 0. The van der Waals surface area contributed by atoms with Gasteiger partial charge in [-0.25, -0.2) is 0 Å². The molecule has 0 radical (unpaired) electrons. The van der Waals surface area contributed by atoms with Crippen LogP contribution in [-0.4, -0.2) is 39.3 Å². The molecular formula is C8H11N3O3. The lowest BCUT2D eigenvalue weighted by molar-refractivity contribution is -0.147. The van der Waals surface area contributed by atoms with Gasteiger partial charge in [-0.15, -0.1) is 10.2 Å². The summed E-state index contributed by atoms with van der Waals surface area (Å²) in [7, 11) is 0. The minimum absolute atomic E-state index is 0.237. The normalized spacial score (nSPS) is 18.1. The molecule has 76 valence electrons. The van der Waals surface area contributed by atoms with Gasteiger partial charge >= 0.3 is 5.97 Å². The molecule has 0 atom stereocenters. The summed E-state index contributed by atoms with van der Waals surface area (Å²) in [6, 6.07) is 0. The van der Waals surface area contributed by atoms with Crippen molar-refractivity contribution in [3.8, 4) is 0 Å². The zero-order valence-electron chi connectivity index (χ0n) is 7.80. The van der Waals surface area contributed by atoms with E-state index in [2.05, 4.69) is 10.2 Å². The maximum atomic E-state index is 10.5. The predicted molar refractivity (Wildman–Crippen MR) is 45.4 cm³/mol. The fraction of sp³-hybridized carbons (Fsp3) is 0.625. The Hall–Kier alpha value is -1.43. The molecule has 6 nitrogen and oxygen atoms in total. The number of rotatable bonds is 3. The van der Waals surface area contributed by atoms with Crippen LogP contribution in [0.5, 0.6) is 0 Å². The molecule has 1 aliphatic heterocycles. The summed E-state index contributed by atoms with van der Waals surface area (Å²) < 4.78 is 5.17. The first-order chi connectivity index (χ1) is 6.65. The lowest BCUT2D eigenvalue weighted by atomic mass is 10.0. The molecule has 0 amide bonds. The molecule has 1 aliphatic rings. The molecule has 0 unspecified atom stereocenters. The minimum Gasteiger partial charge on any atom is -0.481 e. The number of hydrogen-bond acceptors (Lipinski definition) is 5. The number of carbonyl (C=O) groups is 1. The molecule has 1 aromatic rings. The van der Waals surface area contributed by atoms with Gasteiger partial charge in [-0.1, -0.05) is 0 Å². The van der Waals surface area contributed by atoms with Crippen molar-refractivity contribution in [2.75, 3.05) is 13.1 Å². The molecule has 0 aromatic carbocycles. The highest BCUT2D eigenvalue weighted by molar-refractivity contribution is 5.71. The van der Waals surface area contributed by atoms with Crippen molar-refractivity contribution in [2.45, 2.75) is 13.5 Å². The van der Waals surface area contributed by atoms with Crippen LogP contribution in [0, 0.1) is 12.8 Å². The number of aromatic nitrogens is 2. The number of hydrogen-bond donors (Lipinski definition) is 1. The van der Waals surface area contributed by atoms with E-state index in [0.717, 1.165) is 0 Å². The van der Waals surface area contributed by atoms with E-state index < -0.39 is 5.97 Å². The van der Waals surface area contributed by atoms with Gasteiger partial charge in [0, 0.05) is 20.0 Å². The van der Waals surface area contributed by atoms with Crippen LogP contribution in [-0.2, 0) is 11.3 Å². The molecule has 1 N–H and O–H groups in total. The summed E-state index contributed by atoms with van der Waals surface area (Å²) in [5.41, 5.74) is 0. The quantitative estimate of drug-likeness (QED) is 0.728. The molecule has 1 aromatic heterocycles. The van der Waals surface area contributed by atoms with Crippen molar-refractivity contribution in [1.82, 2.24) is 15.1 Å². The molecule has 1 saturated heterocycles. The second-order valence-corrected chi connectivity index (χ2v) is 3.44. The smallest absolute Gasteiger partial charge is 0.309 e. The average Bonchev–Trinajstić information content (AvgIpc) is 2.42. The fourth-order valence-corrected chi connectivity index (χ4v) is 1.45. The van der Waals surface area contributed by atoms with E-state index >= 15 is 0 Å². The highest BCUT2D eigenvalue weighted by Crippen LogP contribution is 2.17. The van der Waals surface area contributed by atoms with Gasteiger partial charge < -0.3 is 9.52 Å². The summed E-state index contributed by atoms with van der Waals surface area (Å²) in [6.07, 6.45) is 0. The van der Waals surface area contributed by atoms with Crippen molar-refractivity contribution >= 4 is 5.97 Å². The minimum atomic E-state index is -0.733. The first-order valence-corrected chi connectivity index (χ1v) is 4.39. The number of aryl methyl sites for hydroxylation is 1. The van der Waals surface area contributed by atoms with Crippen LogP contribution in [0.25, 0.3) is 0 Å². The van der Waals surface area contributed by atoms with E-state index in [0.29, 0.717) is 31.4 Å². The number of nitrogens with zero attached hydrogens (tertiary/aromatic N) is 3. The molecule has 1 fully saturated rings. The molecular weight excluding hydrogens is 186 g/mol. The van der Waals surface area contributed by atoms with Crippen LogP contribution >= 0.6 is 0 Å². The second-order valence-electron chi connectivity index (χ2n) is 3.44. The summed E-state index contributed by atoms with van der Waals surface area (Å²) in [5, 5.41) is 16.2. The number of carboxylic acid groups (broad SMARTS) is 1. The summed E-state index contributed by atoms with van der Waals surface area (Å²) in [4.78, 5) is 12.5. The van der Waals surface area contributed by atoms with Crippen LogP contribution in [0.1, 0.15) is 11.8 Å². The van der Waals surface area contributed by atoms with E-state index in [1.165, 1.54) is 0 Å². The molecule has 0 saturated carbocycles. The molecule has 14 heavy (non-hydrogen) atoms. The van der Waals surface area contributed by atoms with Crippen molar-refractivity contribution in [3.63, 3.8) is 0 Å². The fourth-order valence-electron chi connectivity index (χ4n) is 1.45. The van der Waals surface area contributed by atoms with Gasteiger partial charge in [-0.3, -0.25) is 9.69 Å². The van der Waals surface area contributed by atoms with Crippen LogP contribution in [0.2, 0.25) is 0 Å². The van der Waals surface area contributed by atoms with Crippen molar-refractivity contribution in [2.24, 2.45) is 5.92 Å². The van der Waals surface area contributed by atoms with Gasteiger partial charge in [0.2, 0.25) is 11.8 Å². The SMILES string of the molecule is Cc1nnc(CN2CC(C(=O)O)C2)o1. The van der Waals surface area contributed by atoms with Crippen molar-refractivity contribution in [3.05, 3.63) is 11.8 Å². The van der Waals surface area contributed by atoms with Crippen LogP contribution < -0.4 is 0 Å². The Balaban J connectivity index is 1.82. The van der Waals surface area contributed by atoms with Gasteiger partial charge in [-0.2, -0.15) is 0 Å². The molecule has 0 spiro atoms. The van der Waals surface area contributed by atoms with E-state index in [9.17, 15) is 4.79 Å². The van der Waals surface area contributed by atoms with E-state index in [1.807, 2.05) is 4.90 Å². The maximum absolute atomic E-state index is 10.5. The summed E-state index contributed by atoms with van der Waals surface area (Å²) in [5.74, 6) is 0.114. The van der Waals surface area contributed by atoms with E-state index in [4.69, 9.17) is 9.52 Å². The Morgan fingerprint density at radius 3 is 2.86 bits per heavy atom. The second kappa shape index (κ2) is 3.38. The van der Waals surface area contributed by atoms with Gasteiger partial charge in [0.15, 0.2) is 0 Å². The third kappa shape index (κ3) is 1.74. The molecule has 2 heterocycles. The van der Waals surface area contributed by atoms with Gasteiger partial charge in [0.1, 0.15) is 0 Å². The molecule has 2 rings (SSSR count). The lowest BCUT2D eigenvalue weighted by Crippen LogP contribution is -2.49.